The number of halogens is 4. The fourth-order valence-electron chi connectivity index (χ4n) is 1.17. The molecule has 1 aromatic carbocycles. The van der Waals surface area contributed by atoms with Gasteiger partial charge in [0.1, 0.15) is 5.82 Å². The van der Waals surface area contributed by atoms with E-state index in [1.165, 1.54) is 6.07 Å². The Morgan fingerprint density at radius 1 is 1.19 bits per heavy atom. The first-order valence-electron chi connectivity index (χ1n) is 4.06. The molecule has 0 aromatic heterocycles. The van der Waals surface area contributed by atoms with Crippen molar-refractivity contribution in [2.24, 2.45) is 0 Å². The van der Waals surface area contributed by atoms with Crippen LogP contribution in [0.25, 0.3) is 0 Å². The van der Waals surface area contributed by atoms with Crippen molar-refractivity contribution in [1.82, 2.24) is 0 Å². The normalized spacial score (nSPS) is 10.6. The lowest BCUT2D eigenvalue weighted by Crippen LogP contribution is -2.09. The molecule has 0 radical (unpaired) electrons. The number of rotatable bonds is 1. The van der Waals surface area contributed by atoms with Crippen LogP contribution in [0.3, 0.4) is 0 Å². The van der Waals surface area contributed by atoms with Gasteiger partial charge in [-0.3, -0.25) is 0 Å². The number of hydrogen-bond donors (Lipinski definition) is 0. The Labute approximate surface area is 88.3 Å². The average molecular weight is 228 g/mol. The van der Waals surface area contributed by atoms with Crippen molar-refractivity contribution in [2.45, 2.75) is 12.6 Å². The van der Waals surface area contributed by atoms with Gasteiger partial charge in [0.25, 0.3) is 0 Å². The van der Waals surface area contributed by atoms with Gasteiger partial charge in [0, 0.05) is 0 Å². The number of nitrogens with zero attached hydrogens (tertiary/aromatic N) is 2. The second-order valence-corrected chi connectivity index (χ2v) is 2.93. The van der Waals surface area contributed by atoms with Gasteiger partial charge in [0.2, 0.25) is 0 Å². The van der Waals surface area contributed by atoms with E-state index in [0.29, 0.717) is 12.1 Å². The zero-order valence-corrected chi connectivity index (χ0v) is 7.77. The quantitative estimate of drug-likeness (QED) is 0.694. The van der Waals surface area contributed by atoms with E-state index in [-0.39, 0.29) is 17.5 Å². The van der Waals surface area contributed by atoms with Crippen LogP contribution >= 0.6 is 0 Å². The van der Waals surface area contributed by atoms with Gasteiger partial charge in [0.05, 0.1) is 29.7 Å². The van der Waals surface area contributed by atoms with Crippen LogP contribution in [0.4, 0.5) is 17.6 Å². The monoisotopic (exact) mass is 228 g/mol. The lowest BCUT2D eigenvalue weighted by atomic mass is 10.0. The van der Waals surface area contributed by atoms with Gasteiger partial charge in [-0.25, -0.2) is 4.39 Å². The summed E-state index contributed by atoms with van der Waals surface area (Å²) in [5.41, 5.74) is -1.88. The SMILES string of the molecule is N#CCc1cc(F)c(C(F)(F)F)cc1C#N. The molecule has 0 atom stereocenters. The van der Waals surface area contributed by atoms with Crippen molar-refractivity contribution < 1.29 is 17.6 Å². The van der Waals surface area contributed by atoms with E-state index >= 15 is 0 Å². The molecule has 0 spiro atoms. The molecule has 0 aliphatic rings. The van der Waals surface area contributed by atoms with E-state index in [1.54, 1.807) is 6.07 Å². The fourth-order valence-corrected chi connectivity index (χ4v) is 1.17. The van der Waals surface area contributed by atoms with Gasteiger partial charge in [-0.15, -0.1) is 0 Å². The summed E-state index contributed by atoms with van der Waals surface area (Å²) in [7, 11) is 0. The maximum atomic E-state index is 13.0. The molecule has 6 heteroatoms. The molecule has 0 fully saturated rings. The van der Waals surface area contributed by atoms with Gasteiger partial charge in [0.15, 0.2) is 0 Å². The van der Waals surface area contributed by atoms with Crippen molar-refractivity contribution in [3.8, 4) is 12.1 Å². The summed E-state index contributed by atoms with van der Waals surface area (Å²) in [6.07, 6.45) is -5.15. The lowest BCUT2D eigenvalue weighted by Gasteiger charge is -2.09. The second kappa shape index (κ2) is 4.19. The van der Waals surface area contributed by atoms with E-state index in [1.807, 2.05) is 0 Å². The zero-order chi connectivity index (χ0) is 12.3. The summed E-state index contributed by atoms with van der Waals surface area (Å²) < 4.78 is 49.9. The Bertz CT molecular complexity index is 491. The molecule has 0 unspecified atom stereocenters. The number of hydrogen-bond acceptors (Lipinski definition) is 2. The predicted octanol–water partition coefficient (Wildman–Crippen LogP) is 2.78. The molecule has 1 aromatic rings. The molecular formula is C10H4F4N2. The van der Waals surface area contributed by atoms with E-state index in [4.69, 9.17) is 10.5 Å². The average Bonchev–Trinajstić information content (AvgIpc) is 2.16. The molecule has 16 heavy (non-hydrogen) atoms. The summed E-state index contributed by atoms with van der Waals surface area (Å²) in [4.78, 5) is 0. The molecule has 1 rings (SSSR count). The first kappa shape index (κ1) is 12.0. The fraction of sp³-hybridized carbons (Fsp3) is 0.200. The highest BCUT2D eigenvalue weighted by Gasteiger charge is 2.34. The molecule has 82 valence electrons. The van der Waals surface area contributed by atoms with Gasteiger partial charge in [-0.2, -0.15) is 23.7 Å². The van der Waals surface area contributed by atoms with E-state index < -0.39 is 17.6 Å². The topological polar surface area (TPSA) is 47.6 Å². The van der Waals surface area contributed by atoms with Crippen molar-refractivity contribution in [3.63, 3.8) is 0 Å². The molecule has 0 saturated carbocycles. The first-order valence-corrected chi connectivity index (χ1v) is 4.06. The largest absolute Gasteiger partial charge is 0.419 e. The Kier molecular flexibility index (Phi) is 3.14. The number of alkyl halides is 3. The molecule has 0 heterocycles. The van der Waals surface area contributed by atoms with Crippen molar-refractivity contribution in [3.05, 3.63) is 34.6 Å². The minimum Gasteiger partial charge on any atom is -0.206 e. The second-order valence-electron chi connectivity index (χ2n) is 2.93. The van der Waals surface area contributed by atoms with Crippen LogP contribution in [-0.4, -0.2) is 0 Å². The van der Waals surface area contributed by atoms with Crippen molar-refractivity contribution in [2.75, 3.05) is 0 Å². The molecule has 2 nitrogen and oxygen atoms in total. The Balaban J connectivity index is 3.40. The highest BCUT2D eigenvalue weighted by molar-refractivity contribution is 5.43. The van der Waals surface area contributed by atoms with Crippen LogP contribution in [-0.2, 0) is 12.6 Å². The van der Waals surface area contributed by atoms with Crippen LogP contribution in [0.5, 0.6) is 0 Å². The summed E-state index contributed by atoms with van der Waals surface area (Å²) in [6, 6.07) is 4.14. The maximum absolute atomic E-state index is 13.0. The minimum absolute atomic E-state index is 0.0458. The highest BCUT2D eigenvalue weighted by Crippen LogP contribution is 2.32. The van der Waals surface area contributed by atoms with Gasteiger partial charge >= 0.3 is 6.18 Å². The zero-order valence-electron chi connectivity index (χ0n) is 7.77. The Morgan fingerprint density at radius 3 is 2.25 bits per heavy atom. The van der Waals surface area contributed by atoms with Crippen LogP contribution in [0.2, 0.25) is 0 Å². The number of benzene rings is 1. The lowest BCUT2D eigenvalue weighted by molar-refractivity contribution is -0.140. The molecule has 0 aliphatic carbocycles. The Hall–Kier alpha value is -2.08. The standard InChI is InChI=1S/C10H4F4N2/c11-9-4-6(1-2-15)7(5-16)3-8(9)10(12,13)14/h3-4H,1H2. The molecule has 0 amide bonds. The van der Waals surface area contributed by atoms with Crippen LogP contribution in [0, 0.1) is 28.5 Å². The van der Waals surface area contributed by atoms with E-state index in [0.717, 1.165) is 0 Å². The molecular weight excluding hydrogens is 224 g/mol. The van der Waals surface area contributed by atoms with Crippen LogP contribution < -0.4 is 0 Å². The number of nitriles is 2. The van der Waals surface area contributed by atoms with Crippen LogP contribution in [0.1, 0.15) is 16.7 Å². The third kappa shape index (κ3) is 2.29. The smallest absolute Gasteiger partial charge is 0.206 e. The molecule has 0 saturated heterocycles. The van der Waals surface area contributed by atoms with Gasteiger partial charge < -0.3 is 0 Å². The third-order valence-corrected chi connectivity index (χ3v) is 1.89. The molecule has 0 aliphatic heterocycles. The summed E-state index contributed by atoms with van der Waals surface area (Å²) >= 11 is 0. The summed E-state index contributed by atoms with van der Waals surface area (Å²) in [6.45, 7) is 0. The summed E-state index contributed by atoms with van der Waals surface area (Å²) in [5.74, 6) is -1.48. The van der Waals surface area contributed by atoms with Crippen molar-refractivity contribution in [1.29, 1.82) is 10.5 Å². The maximum Gasteiger partial charge on any atom is 0.419 e. The van der Waals surface area contributed by atoms with E-state index in [9.17, 15) is 17.6 Å². The van der Waals surface area contributed by atoms with Gasteiger partial charge in [-0.05, 0) is 17.7 Å². The summed E-state index contributed by atoms with van der Waals surface area (Å²) in [5, 5.41) is 16.9. The van der Waals surface area contributed by atoms with Crippen molar-refractivity contribution >= 4 is 0 Å². The van der Waals surface area contributed by atoms with Gasteiger partial charge in [-0.1, -0.05) is 0 Å². The first-order chi connectivity index (χ1) is 7.40. The molecule has 0 bridgehead atoms. The molecule has 0 N–H and O–H groups in total. The minimum atomic E-state index is -4.85. The predicted molar refractivity (Wildman–Crippen MR) is 45.4 cm³/mol. The van der Waals surface area contributed by atoms with Crippen LogP contribution in [0.15, 0.2) is 12.1 Å². The third-order valence-electron chi connectivity index (χ3n) is 1.89. The van der Waals surface area contributed by atoms with E-state index in [2.05, 4.69) is 0 Å². The highest BCUT2D eigenvalue weighted by atomic mass is 19.4. The Morgan fingerprint density at radius 2 is 1.81 bits per heavy atom.